The highest BCUT2D eigenvalue weighted by atomic mass is 32.1. The summed E-state index contributed by atoms with van der Waals surface area (Å²) in [6.45, 7) is 0.735. The fourth-order valence-electron chi connectivity index (χ4n) is 2.12. The van der Waals surface area contributed by atoms with Gasteiger partial charge in [0.25, 0.3) is 0 Å². The molecule has 2 rings (SSSR count). The summed E-state index contributed by atoms with van der Waals surface area (Å²) in [6, 6.07) is 12.6. The fraction of sp³-hybridized carbons (Fsp3) is 0.333. The number of benzene rings is 1. The third-order valence-corrected chi connectivity index (χ3v) is 4.14. The van der Waals surface area contributed by atoms with Gasteiger partial charge in [0, 0.05) is 4.88 Å². The molecule has 1 aromatic carbocycles. The van der Waals surface area contributed by atoms with Gasteiger partial charge in [-0.1, -0.05) is 18.2 Å². The normalized spacial score (nSPS) is 12.3. The Morgan fingerprint density at radius 2 is 2.00 bits per heavy atom. The average molecular weight is 261 g/mol. The van der Waals surface area contributed by atoms with Crippen molar-refractivity contribution in [2.75, 3.05) is 13.7 Å². The molecule has 0 aliphatic rings. The van der Waals surface area contributed by atoms with E-state index in [4.69, 9.17) is 10.5 Å². The summed E-state index contributed by atoms with van der Waals surface area (Å²) in [5.74, 6) is 1.44. The second-order valence-electron chi connectivity index (χ2n) is 4.34. The third kappa shape index (κ3) is 3.34. The minimum Gasteiger partial charge on any atom is -0.497 e. The van der Waals surface area contributed by atoms with Crippen LogP contribution in [0.15, 0.2) is 41.8 Å². The van der Waals surface area contributed by atoms with Crippen molar-refractivity contribution in [3.05, 3.63) is 52.2 Å². The summed E-state index contributed by atoms with van der Waals surface area (Å²) in [6.07, 6.45) is 2.08. The first kappa shape index (κ1) is 13.1. The van der Waals surface area contributed by atoms with Gasteiger partial charge in [0.15, 0.2) is 0 Å². The van der Waals surface area contributed by atoms with Gasteiger partial charge in [-0.25, -0.2) is 0 Å². The molecule has 1 heterocycles. The molecule has 18 heavy (non-hydrogen) atoms. The van der Waals surface area contributed by atoms with E-state index in [9.17, 15) is 0 Å². The minimum atomic E-state index is 0.531. The van der Waals surface area contributed by atoms with E-state index >= 15 is 0 Å². The molecule has 2 N–H and O–H groups in total. The van der Waals surface area contributed by atoms with Gasteiger partial charge in [0.1, 0.15) is 5.75 Å². The molecule has 0 amide bonds. The van der Waals surface area contributed by atoms with Crippen LogP contribution < -0.4 is 10.5 Å². The van der Waals surface area contributed by atoms with Crippen molar-refractivity contribution in [2.24, 2.45) is 5.73 Å². The maximum Gasteiger partial charge on any atom is 0.118 e. The predicted molar refractivity (Wildman–Crippen MR) is 77.4 cm³/mol. The number of ether oxygens (including phenoxy) is 1. The van der Waals surface area contributed by atoms with Crippen LogP contribution in [0.25, 0.3) is 0 Å². The van der Waals surface area contributed by atoms with Crippen molar-refractivity contribution in [3.8, 4) is 5.75 Å². The quantitative estimate of drug-likeness (QED) is 0.864. The van der Waals surface area contributed by atoms with Gasteiger partial charge in [-0.2, -0.15) is 0 Å². The second kappa shape index (κ2) is 6.57. The Labute approximate surface area is 112 Å². The Morgan fingerprint density at radius 1 is 1.22 bits per heavy atom. The summed E-state index contributed by atoms with van der Waals surface area (Å²) in [7, 11) is 1.69. The van der Waals surface area contributed by atoms with Crippen LogP contribution in [0.5, 0.6) is 5.75 Å². The molecule has 0 radical (unpaired) electrons. The highest BCUT2D eigenvalue weighted by molar-refractivity contribution is 7.10. The van der Waals surface area contributed by atoms with Gasteiger partial charge in [-0.3, -0.25) is 0 Å². The number of rotatable bonds is 6. The topological polar surface area (TPSA) is 35.2 Å². The summed E-state index contributed by atoms with van der Waals surface area (Å²) in [5, 5.41) is 2.13. The number of nitrogens with two attached hydrogens (primary N) is 1. The van der Waals surface area contributed by atoms with E-state index in [1.807, 2.05) is 23.5 Å². The van der Waals surface area contributed by atoms with Crippen LogP contribution in [0.4, 0.5) is 0 Å². The summed E-state index contributed by atoms with van der Waals surface area (Å²) < 4.78 is 5.18. The van der Waals surface area contributed by atoms with E-state index in [0.717, 1.165) is 25.1 Å². The van der Waals surface area contributed by atoms with Gasteiger partial charge < -0.3 is 10.5 Å². The molecule has 2 aromatic rings. The molecule has 3 heteroatoms. The SMILES string of the molecule is COc1ccc(CC(CCN)c2cccs2)cc1. The Balaban J connectivity index is 2.08. The third-order valence-electron chi connectivity index (χ3n) is 3.10. The van der Waals surface area contributed by atoms with Crippen molar-refractivity contribution in [1.82, 2.24) is 0 Å². The maximum atomic E-state index is 5.72. The molecule has 0 saturated heterocycles. The zero-order chi connectivity index (χ0) is 12.8. The lowest BCUT2D eigenvalue weighted by molar-refractivity contribution is 0.414. The molecule has 0 bridgehead atoms. The Morgan fingerprint density at radius 3 is 2.56 bits per heavy atom. The number of thiophene rings is 1. The van der Waals surface area contributed by atoms with Crippen LogP contribution in [-0.4, -0.2) is 13.7 Å². The fourth-order valence-corrected chi connectivity index (χ4v) is 2.98. The smallest absolute Gasteiger partial charge is 0.118 e. The largest absolute Gasteiger partial charge is 0.497 e. The average Bonchev–Trinajstić information content (AvgIpc) is 2.93. The zero-order valence-electron chi connectivity index (χ0n) is 10.6. The van der Waals surface area contributed by atoms with Crippen LogP contribution in [0.1, 0.15) is 22.8 Å². The molecule has 1 aromatic heterocycles. The van der Waals surface area contributed by atoms with Crippen molar-refractivity contribution >= 4 is 11.3 Å². The van der Waals surface area contributed by atoms with E-state index in [1.165, 1.54) is 10.4 Å². The molecule has 96 valence electrons. The van der Waals surface area contributed by atoms with Gasteiger partial charge in [-0.15, -0.1) is 11.3 Å². The first-order valence-corrected chi connectivity index (χ1v) is 7.08. The molecule has 0 aliphatic heterocycles. The molecule has 1 unspecified atom stereocenters. The number of hydrogen-bond donors (Lipinski definition) is 1. The standard InChI is InChI=1S/C15H19NOS/c1-17-14-6-4-12(5-7-14)11-13(8-9-16)15-3-2-10-18-15/h2-7,10,13H,8-9,11,16H2,1H3. The van der Waals surface area contributed by atoms with E-state index in [1.54, 1.807) is 7.11 Å². The van der Waals surface area contributed by atoms with Crippen LogP contribution in [-0.2, 0) is 6.42 Å². The molecule has 1 atom stereocenters. The van der Waals surface area contributed by atoms with Crippen molar-refractivity contribution in [1.29, 1.82) is 0 Å². The second-order valence-corrected chi connectivity index (χ2v) is 5.32. The lowest BCUT2D eigenvalue weighted by atomic mass is 9.95. The molecule has 0 fully saturated rings. The summed E-state index contributed by atoms with van der Waals surface area (Å²) in [4.78, 5) is 1.43. The van der Waals surface area contributed by atoms with E-state index in [-0.39, 0.29) is 0 Å². The Bertz CT molecular complexity index is 450. The molecular formula is C15H19NOS. The van der Waals surface area contributed by atoms with Gasteiger partial charge >= 0.3 is 0 Å². The van der Waals surface area contributed by atoms with E-state index in [0.29, 0.717) is 5.92 Å². The summed E-state index contributed by atoms with van der Waals surface area (Å²) in [5.41, 5.74) is 7.06. The van der Waals surface area contributed by atoms with Crippen molar-refractivity contribution < 1.29 is 4.74 Å². The van der Waals surface area contributed by atoms with Crippen LogP contribution >= 0.6 is 11.3 Å². The van der Waals surface area contributed by atoms with Crippen LogP contribution in [0.2, 0.25) is 0 Å². The highest BCUT2D eigenvalue weighted by Gasteiger charge is 2.12. The lowest BCUT2D eigenvalue weighted by Gasteiger charge is -2.14. The van der Waals surface area contributed by atoms with Crippen LogP contribution in [0.3, 0.4) is 0 Å². The highest BCUT2D eigenvalue weighted by Crippen LogP contribution is 2.28. The van der Waals surface area contributed by atoms with Gasteiger partial charge in [-0.05, 0) is 54.4 Å². The molecule has 2 nitrogen and oxygen atoms in total. The zero-order valence-corrected chi connectivity index (χ0v) is 11.5. The number of hydrogen-bond acceptors (Lipinski definition) is 3. The number of methoxy groups -OCH3 is 1. The summed E-state index contributed by atoms with van der Waals surface area (Å²) >= 11 is 1.82. The van der Waals surface area contributed by atoms with Crippen LogP contribution in [0, 0.1) is 0 Å². The minimum absolute atomic E-state index is 0.531. The maximum absolute atomic E-state index is 5.72. The first-order valence-electron chi connectivity index (χ1n) is 6.20. The van der Waals surface area contributed by atoms with E-state index < -0.39 is 0 Å². The molecule has 0 spiro atoms. The van der Waals surface area contributed by atoms with Gasteiger partial charge in [0.2, 0.25) is 0 Å². The lowest BCUT2D eigenvalue weighted by Crippen LogP contribution is -2.08. The Kier molecular flexibility index (Phi) is 4.79. The molecule has 0 aliphatic carbocycles. The van der Waals surface area contributed by atoms with Crippen molar-refractivity contribution in [2.45, 2.75) is 18.8 Å². The Hall–Kier alpha value is -1.32. The van der Waals surface area contributed by atoms with E-state index in [2.05, 4.69) is 29.6 Å². The van der Waals surface area contributed by atoms with Gasteiger partial charge in [0.05, 0.1) is 7.11 Å². The first-order chi connectivity index (χ1) is 8.83. The predicted octanol–water partition coefficient (Wildman–Crippen LogP) is 3.43. The van der Waals surface area contributed by atoms with Crippen molar-refractivity contribution in [3.63, 3.8) is 0 Å². The monoisotopic (exact) mass is 261 g/mol. The molecular weight excluding hydrogens is 242 g/mol. The molecule has 0 saturated carbocycles.